The van der Waals surface area contributed by atoms with Crippen molar-refractivity contribution in [1.82, 2.24) is 14.5 Å². The van der Waals surface area contributed by atoms with E-state index in [4.69, 9.17) is 9.97 Å². The van der Waals surface area contributed by atoms with E-state index < -0.39 is 0 Å². The van der Waals surface area contributed by atoms with Gasteiger partial charge in [0.05, 0.1) is 22.1 Å². The maximum atomic E-state index is 11.0. The van der Waals surface area contributed by atoms with E-state index in [1.807, 2.05) is 19.3 Å². The molecule has 0 aliphatic carbocycles. The van der Waals surface area contributed by atoms with Gasteiger partial charge in [-0.25, -0.2) is 4.98 Å². The van der Waals surface area contributed by atoms with Crippen molar-refractivity contribution in [3.05, 3.63) is 101 Å². The van der Waals surface area contributed by atoms with Gasteiger partial charge in [0.2, 0.25) is 0 Å². The fourth-order valence-electron chi connectivity index (χ4n) is 6.13. The van der Waals surface area contributed by atoms with Gasteiger partial charge >= 0.3 is 0 Å². The normalized spacial score (nSPS) is 12.2. The summed E-state index contributed by atoms with van der Waals surface area (Å²) in [6.45, 7) is 17.7. The molecule has 0 amide bonds. The fourth-order valence-corrected chi connectivity index (χ4v) is 6.13. The summed E-state index contributed by atoms with van der Waals surface area (Å²) in [5, 5.41) is 12.2. The van der Waals surface area contributed by atoms with Crippen molar-refractivity contribution in [1.29, 1.82) is 0 Å². The van der Waals surface area contributed by atoms with Gasteiger partial charge in [0.15, 0.2) is 0 Å². The highest BCUT2D eigenvalue weighted by molar-refractivity contribution is 5.99. The summed E-state index contributed by atoms with van der Waals surface area (Å²) >= 11 is 0. The molecule has 4 nitrogen and oxygen atoms in total. The second-order valence-electron chi connectivity index (χ2n) is 13.9. The Hall–Kier alpha value is -4.44. The molecule has 1 N–H and O–H groups in total. The molecule has 6 rings (SSSR count). The number of rotatable bonds is 5. The van der Waals surface area contributed by atoms with Crippen LogP contribution in [0.3, 0.4) is 0 Å². The van der Waals surface area contributed by atoms with Crippen LogP contribution < -0.4 is 0 Å². The number of phenols is 1. The Bertz CT molecular complexity index is 2040. The third-order valence-electron chi connectivity index (χ3n) is 9.01. The summed E-state index contributed by atoms with van der Waals surface area (Å²) in [5.41, 5.74) is 13.2. The molecule has 0 aliphatic rings. The third kappa shape index (κ3) is 5.17. The molecule has 0 unspecified atom stereocenters. The van der Waals surface area contributed by atoms with Crippen LogP contribution >= 0.6 is 0 Å². The topological polar surface area (TPSA) is 50.9 Å². The van der Waals surface area contributed by atoms with Crippen molar-refractivity contribution in [2.24, 2.45) is 7.05 Å². The van der Waals surface area contributed by atoms with Crippen LogP contribution in [0.1, 0.15) is 82.6 Å². The highest BCUT2D eigenvalue weighted by Crippen LogP contribution is 2.40. The lowest BCUT2D eigenvalue weighted by Gasteiger charge is -2.20. The molecule has 2 aromatic heterocycles. The van der Waals surface area contributed by atoms with Crippen LogP contribution in [0, 0.1) is 6.92 Å². The summed E-state index contributed by atoms with van der Waals surface area (Å²) in [4.78, 5) is 10.1. The smallest absolute Gasteiger partial charge is 0.144 e. The zero-order valence-electron chi connectivity index (χ0n) is 27.4. The predicted octanol–water partition coefficient (Wildman–Crippen LogP) is 10.7. The lowest BCUT2D eigenvalue weighted by molar-refractivity contribution is 0.475. The van der Waals surface area contributed by atoms with Crippen LogP contribution in [0.5, 0.6) is 5.75 Å². The van der Waals surface area contributed by atoms with Gasteiger partial charge < -0.3 is 9.67 Å². The van der Waals surface area contributed by atoms with Gasteiger partial charge in [0.25, 0.3) is 0 Å². The molecule has 4 heteroatoms. The number of hydrogen-bond acceptors (Lipinski definition) is 3. The van der Waals surface area contributed by atoms with Crippen LogP contribution in [0.2, 0.25) is 0 Å². The standard InChI is InChI=1S/C40H43N3O/c1-23(2)26-17-28(19-29(18-26)33-21-27(24(3)4)20-32-25(5)15-16-41-37(32)33)31-11-10-12-35-38(31)42-39(43(35)9)34-22-30(40(6,7)8)13-14-36(34)44/h10-24,44H,1-9H3. The Balaban J connectivity index is 1.60. The molecule has 2 heterocycles. The van der Waals surface area contributed by atoms with Crippen molar-refractivity contribution in [3.8, 4) is 39.4 Å². The number of para-hydroxylation sites is 1. The van der Waals surface area contributed by atoms with Crippen molar-refractivity contribution in [2.45, 2.75) is 72.6 Å². The first-order valence-corrected chi connectivity index (χ1v) is 15.7. The van der Waals surface area contributed by atoms with Crippen LogP contribution in [0.15, 0.2) is 79.0 Å². The Morgan fingerprint density at radius 1 is 0.727 bits per heavy atom. The number of aromatic hydroxyl groups is 1. The molecule has 44 heavy (non-hydrogen) atoms. The van der Waals surface area contributed by atoms with Crippen LogP contribution in [-0.2, 0) is 12.5 Å². The second-order valence-corrected chi connectivity index (χ2v) is 13.9. The number of aromatic nitrogens is 3. The monoisotopic (exact) mass is 581 g/mol. The summed E-state index contributed by atoms with van der Waals surface area (Å²) in [6, 6.07) is 25.9. The van der Waals surface area contributed by atoms with E-state index in [-0.39, 0.29) is 11.2 Å². The molecular formula is C40H43N3O. The average Bonchev–Trinajstić information content (AvgIpc) is 3.32. The van der Waals surface area contributed by atoms with Crippen molar-refractivity contribution >= 4 is 21.9 Å². The van der Waals surface area contributed by atoms with Crippen LogP contribution in [0.25, 0.3) is 55.6 Å². The first kappa shape index (κ1) is 29.6. The second kappa shape index (κ2) is 10.9. The minimum Gasteiger partial charge on any atom is -0.507 e. The van der Waals surface area contributed by atoms with E-state index in [1.165, 1.54) is 27.6 Å². The van der Waals surface area contributed by atoms with Crippen molar-refractivity contribution in [2.75, 3.05) is 0 Å². The fraction of sp³-hybridized carbons (Fsp3) is 0.300. The van der Waals surface area contributed by atoms with E-state index in [1.54, 1.807) is 6.07 Å². The number of aryl methyl sites for hydroxylation is 2. The lowest BCUT2D eigenvalue weighted by atomic mass is 9.86. The lowest BCUT2D eigenvalue weighted by Crippen LogP contribution is -2.11. The first-order valence-electron chi connectivity index (χ1n) is 15.7. The Kier molecular flexibility index (Phi) is 7.36. The van der Waals surface area contributed by atoms with E-state index >= 15 is 0 Å². The number of phenolic OH excluding ortho intramolecular Hbond substituents is 1. The predicted molar refractivity (Wildman–Crippen MR) is 186 cm³/mol. The third-order valence-corrected chi connectivity index (χ3v) is 9.01. The molecule has 0 radical (unpaired) electrons. The number of pyridine rings is 1. The van der Waals surface area contributed by atoms with E-state index in [0.29, 0.717) is 11.8 Å². The maximum absolute atomic E-state index is 11.0. The molecule has 0 saturated carbocycles. The molecule has 0 fully saturated rings. The molecule has 6 aromatic rings. The van der Waals surface area contributed by atoms with Gasteiger partial charge in [-0.05, 0) is 100 Å². The summed E-state index contributed by atoms with van der Waals surface area (Å²) < 4.78 is 2.10. The Morgan fingerprint density at radius 2 is 1.41 bits per heavy atom. The van der Waals surface area contributed by atoms with E-state index in [2.05, 4.69) is 121 Å². The van der Waals surface area contributed by atoms with Gasteiger partial charge in [-0.1, -0.05) is 78.8 Å². The van der Waals surface area contributed by atoms with E-state index in [0.717, 1.165) is 50.2 Å². The number of hydrogen-bond donors (Lipinski definition) is 1. The minimum atomic E-state index is -0.0453. The zero-order valence-corrected chi connectivity index (χ0v) is 27.4. The van der Waals surface area contributed by atoms with Crippen LogP contribution in [0.4, 0.5) is 0 Å². The molecule has 0 atom stereocenters. The zero-order chi connectivity index (χ0) is 31.5. The highest BCUT2D eigenvalue weighted by Gasteiger charge is 2.21. The number of fused-ring (bicyclic) bond motifs is 2. The average molecular weight is 582 g/mol. The summed E-state index contributed by atoms with van der Waals surface area (Å²) in [7, 11) is 2.03. The SMILES string of the molecule is Cc1ccnc2c(-c3cc(-c4cccc5c4nc(-c4cc(C(C)(C)C)ccc4O)n5C)cc(C(C)C)c3)cc(C(C)C)cc12. The molecule has 0 spiro atoms. The minimum absolute atomic E-state index is 0.0453. The largest absolute Gasteiger partial charge is 0.507 e. The summed E-state index contributed by atoms with van der Waals surface area (Å²) in [5.74, 6) is 1.74. The quantitative estimate of drug-likeness (QED) is 0.220. The van der Waals surface area contributed by atoms with Crippen molar-refractivity contribution < 1.29 is 5.11 Å². The molecule has 0 saturated heterocycles. The van der Waals surface area contributed by atoms with Gasteiger partial charge in [-0.15, -0.1) is 0 Å². The van der Waals surface area contributed by atoms with Gasteiger partial charge in [-0.2, -0.15) is 0 Å². The van der Waals surface area contributed by atoms with Gasteiger partial charge in [0, 0.05) is 29.8 Å². The van der Waals surface area contributed by atoms with Gasteiger partial charge in [0.1, 0.15) is 11.6 Å². The van der Waals surface area contributed by atoms with Crippen molar-refractivity contribution in [3.63, 3.8) is 0 Å². The Labute approximate surface area is 261 Å². The summed E-state index contributed by atoms with van der Waals surface area (Å²) in [6.07, 6.45) is 1.92. The number of nitrogens with zero attached hydrogens (tertiary/aromatic N) is 3. The first-order chi connectivity index (χ1) is 20.8. The molecule has 0 bridgehead atoms. The number of benzene rings is 4. The number of imidazole rings is 1. The van der Waals surface area contributed by atoms with Gasteiger partial charge in [-0.3, -0.25) is 4.98 Å². The van der Waals surface area contributed by atoms with E-state index in [9.17, 15) is 5.11 Å². The molecular weight excluding hydrogens is 538 g/mol. The van der Waals surface area contributed by atoms with Crippen LogP contribution in [-0.4, -0.2) is 19.6 Å². The maximum Gasteiger partial charge on any atom is 0.144 e. The molecule has 0 aliphatic heterocycles. The Morgan fingerprint density at radius 3 is 2.09 bits per heavy atom. The molecule has 224 valence electrons. The highest BCUT2D eigenvalue weighted by atomic mass is 16.3. The molecule has 4 aromatic carbocycles.